The molecule has 0 unspecified atom stereocenters. The number of hydrogen-bond acceptors (Lipinski definition) is 5. The number of nitrogens with zero attached hydrogens (tertiary/aromatic N) is 1. The van der Waals surface area contributed by atoms with Crippen LogP contribution < -0.4 is 10.6 Å². The van der Waals surface area contributed by atoms with Crippen LogP contribution in [0.15, 0.2) is 58.0 Å². The van der Waals surface area contributed by atoms with Gasteiger partial charge in [-0.1, -0.05) is 36.0 Å². The first-order valence-corrected chi connectivity index (χ1v) is 11.7. The van der Waals surface area contributed by atoms with Crippen LogP contribution in [-0.4, -0.2) is 23.8 Å². The molecule has 5 nitrogen and oxygen atoms in total. The Bertz CT molecular complexity index is 1040. The van der Waals surface area contributed by atoms with Crippen LogP contribution >= 0.6 is 23.5 Å². The molecule has 154 valence electrons. The molecule has 7 heteroatoms. The van der Waals surface area contributed by atoms with Gasteiger partial charge in [0.15, 0.2) is 0 Å². The topological polar surface area (TPSA) is 82.0 Å². The number of nitriles is 1. The molecule has 1 aliphatic heterocycles. The van der Waals surface area contributed by atoms with Crippen LogP contribution in [-0.2, 0) is 9.59 Å². The Kier molecular flexibility index (Phi) is 7.24. The predicted octanol–water partition coefficient (Wildman–Crippen LogP) is 4.74. The Labute approximate surface area is 185 Å². The van der Waals surface area contributed by atoms with Crippen molar-refractivity contribution in [1.82, 2.24) is 5.32 Å². The van der Waals surface area contributed by atoms with Crippen LogP contribution in [0.1, 0.15) is 29.0 Å². The second-order valence-electron chi connectivity index (χ2n) is 7.09. The monoisotopic (exact) mass is 437 g/mol. The lowest BCUT2D eigenvalue weighted by molar-refractivity contribution is -0.121. The highest BCUT2D eigenvalue weighted by molar-refractivity contribution is 8.03. The van der Waals surface area contributed by atoms with Gasteiger partial charge in [0.2, 0.25) is 11.8 Å². The lowest BCUT2D eigenvalue weighted by Crippen LogP contribution is -2.31. The van der Waals surface area contributed by atoms with Crippen molar-refractivity contribution in [3.8, 4) is 6.07 Å². The zero-order valence-corrected chi connectivity index (χ0v) is 18.7. The fourth-order valence-electron chi connectivity index (χ4n) is 3.25. The van der Waals surface area contributed by atoms with E-state index in [0.717, 1.165) is 27.3 Å². The summed E-state index contributed by atoms with van der Waals surface area (Å²) in [6.07, 6.45) is 2.22. The summed E-state index contributed by atoms with van der Waals surface area (Å²) >= 11 is 2.83. The van der Waals surface area contributed by atoms with Crippen LogP contribution in [0.3, 0.4) is 0 Å². The first-order valence-electron chi connectivity index (χ1n) is 9.49. The van der Waals surface area contributed by atoms with Gasteiger partial charge in [0.25, 0.3) is 0 Å². The molecule has 30 heavy (non-hydrogen) atoms. The summed E-state index contributed by atoms with van der Waals surface area (Å²) in [7, 11) is 0. The lowest BCUT2D eigenvalue weighted by Gasteiger charge is -2.25. The molecule has 0 radical (unpaired) electrons. The molecule has 0 fully saturated rings. The third kappa shape index (κ3) is 5.26. The van der Waals surface area contributed by atoms with E-state index in [-0.39, 0.29) is 29.9 Å². The van der Waals surface area contributed by atoms with Gasteiger partial charge in [-0.15, -0.1) is 11.8 Å². The molecule has 0 spiro atoms. The van der Waals surface area contributed by atoms with Gasteiger partial charge < -0.3 is 10.6 Å². The van der Waals surface area contributed by atoms with Crippen molar-refractivity contribution in [2.24, 2.45) is 0 Å². The van der Waals surface area contributed by atoms with Crippen LogP contribution in [0, 0.1) is 25.2 Å². The first kappa shape index (κ1) is 22.0. The van der Waals surface area contributed by atoms with Gasteiger partial charge in [0, 0.05) is 22.9 Å². The SMILES string of the molecule is CSc1ccc([C@@H]2CC(=O)NC(SCC(=O)Nc3cc(C)ccc3C)=C2C#N)cc1. The lowest BCUT2D eigenvalue weighted by atomic mass is 9.87. The highest BCUT2D eigenvalue weighted by atomic mass is 32.2. The Morgan fingerprint density at radius 3 is 2.63 bits per heavy atom. The van der Waals surface area contributed by atoms with Crippen LogP contribution in [0.5, 0.6) is 0 Å². The van der Waals surface area contributed by atoms with Crippen molar-refractivity contribution in [2.75, 3.05) is 17.3 Å². The van der Waals surface area contributed by atoms with Gasteiger partial charge in [-0.25, -0.2) is 0 Å². The molecule has 3 rings (SSSR count). The molecule has 1 atom stereocenters. The van der Waals surface area contributed by atoms with E-state index in [4.69, 9.17) is 0 Å². The predicted molar refractivity (Wildman–Crippen MR) is 123 cm³/mol. The Morgan fingerprint density at radius 2 is 1.97 bits per heavy atom. The average molecular weight is 438 g/mol. The van der Waals surface area contributed by atoms with Crippen molar-refractivity contribution in [3.05, 3.63) is 69.8 Å². The minimum Gasteiger partial charge on any atom is -0.325 e. The number of allylic oxidation sites excluding steroid dienone is 1. The molecular formula is C23H23N3O2S2. The maximum atomic E-state index is 12.5. The minimum absolute atomic E-state index is 0.103. The van der Waals surface area contributed by atoms with Crippen molar-refractivity contribution in [1.29, 1.82) is 5.26 Å². The van der Waals surface area contributed by atoms with Gasteiger partial charge in [-0.3, -0.25) is 9.59 Å². The fraction of sp³-hybridized carbons (Fsp3) is 0.261. The molecule has 2 N–H and O–H groups in total. The third-order valence-corrected chi connectivity index (χ3v) is 6.65. The number of thioether (sulfide) groups is 2. The molecule has 2 aromatic carbocycles. The van der Waals surface area contributed by atoms with E-state index >= 15 is 0 Å². The summed E-state index contributed by atoms with van der Waals surface area (Å²) in [5, 5.41) is 15.9. The molecule has 2 amide bonds. The number of carbonyl (C=O) groups excluding carboxylic acids is 2. The Morgan fingerprint density at radius 1 is 1.23 bits per heavy atom. The van der Waals surface area contributed by atoms with Gasteiger partial charge >= 0.3 is 0 Å². The number of amides is 2. The maximum absolute atomic E-state index is 12.5. The molecule has 0 saturated heterocycles. The minimum atomic E-state index is -0.302. The number of anilines is 1. The Balaban J connectivity index is 1.76. The number of nitrogens with one attached hydrogen (secondary N) is 2. The standard InChI is InChI=1S/C23H23N3O2S2/c1-14-4-5-15(2)20(10-14)25-22(28)13-30-23-19(12-24)18(11-21(27)26-23)16-6-8-17(29-3)9-7-16/h4-10,18H,11,13H2,1-3H3,(H,25,28)(H,26,27)/t18-/m0/s1. The van der Waals surface area contributed by atoms with Crippen LogP contribution in [0.4, 0.5) is 5.69 Å². The normalized spacial score (nSPS) is 16.1. The summed E-state index contributed by atoms with van der Waals surface area (Å²) in [4.78, 5) is 25.9. The van der Waals surface area contributed by atoms with Crippen molar-refractivity contribution >= 4 is 41.0 Å². The molecule has 2 aromatic rings. The zero-order valence-electron chi connectivity index (χ0n) is 17.1. The second kappa shape index (κ2) is 9.88. The second-order valence-corrected chi connectivity index (χ2v) is 8.95. The summed E-state index contributed by atoms with van der Waals surface area (Å²) in [5.74, 6) is -0.527. The van der Waals surface area contributed by atoms with Gasteiger partial charge in [-0.2, -0.15) is 5.26 Å². The molecule has 0 saturated carbocycles. The largest absolute Gasteiger partial charge is 0.325 e. The quantitative estimate of drug-likeness (QED) is 0.638. The van der Waals surface area contributed by atoms with Crippen molar-refractivity contribution in [2.45, 2.75) is 31.1 Å². The van der Waals surface area contributed by atoms with Gasteiger partial charge in [0.1, 0.15) is 0 Å². The number of benzene rings is 2. The summed E-state index contributed by atoms with van der Waals surface area (Å²) < 4.78 is 0. The van der Waals surface area contributed by atoms with Crippen LogP contribution in [0.25, 0.3) is 0 Å². The third-order valence-electron chi connectivity index (χ3n) is 4.89. The van der Waals surface area contributed by atoms with E-state index in [0.29, 0.717) is 10.6 Å². The number of carbonyl (C=O) groups is 2. The molecular weight excluding hydrogens is 414 g/mol. The van der Waals surface area contributed by atoms with E-state index < -0.39 is 0 Å². The summed E-state index contributed by atoms with van der Waals surface area (Å²) in [5.41, 5.74) is 4.24. The summed E-state index contributed by atoms with van der Waals surface area (Å²) in [6.45, 7) is 3.91. The Hall–Kier alpha value is -2.69. The molecule has 0 bridgehead atoms. The highest BCUT2D eigenvalue weighted by Gasteiger charge is 2.29. The number of hydrogen-bond donors (Lipinski definition) is 2. The number of rotatable bonds is 6. The van der Waals surface area contributed by atoms with Crippen LogP contribution in [0.2, 0.25) is 0 Å². The first-order chi connectivity index (χ1) is 14.4. The van der Waals surface area contributed by atoms with E-state index in [1.165, 1.54) is 11.8 Å². The number of aryl methyl sites for hydroxylation is 2. The smallest absolute Gasteiger partial charge is 0.234 e. The maximum Gasteiger partial charge on any atom is 0.234 e. The fourth-order valence-corrected chi connectivity index (χ4v) is 4.53. The van der Waals surface area contributed by atoms with Crippen molar-refractivity contribution in [3.63, 3.8) is 0 Å². The molecule has 1 heterocycles. The van der Waals surface area contributed by atoms with E-state index in [1.807, 2.05) is 62.6 Å². The van der Waals surface area contributed by atoms with Gasteiger partial charge in [-0.05, 0) is 55.0 Å². The van der Waals surface area contributed by atoms with E-state index in [1.54, 1.807) is 11.8 Å². The highest BCUT2D eigenvalue weighted by Crippen LogP contribution is 2.36. The summed E-state index contributed by atoms with van der Waals surface area (Å²) in [6, 6.07) is 16.0. The van der Waals surface area contributed by atoms with E-state index in [2.05, 4.69) is 16.7 Å². The van der Waals surface area contributed by atoms with Crippen molar-refractivity contribution < 1.29 is 9.59 Å². The zero-order chi connectivity index (χ0) is 21.7. The molecule has 1 aliphatic rings. The van der Waals surface area contributed by atoms with E-state index in [9.17, 15) is 14.9 Å². The average Bonchev–Trinajstić information content (AvgIpc) is 2.74. The molecule has 0 aliphatic carbocycles. The molecule has 0 aromatic heterocycles. The van der Waals surface area contributed by atoms with Gasteiger partial charge in [0.05, 0.1) is 22.4 Å².